The molecule has 1 aromatic heterocycles. The first-order valence-corrected chi connectivity index (χ1v) is 7.17. The van der Waals surface area contributed by atoms with Crippen molar-refractivity contribution in [3.8, 4) is 5.75 Å². The van der Waals surface area contributed by atoms with Gasteiger partial charge in [-0.15, -0.1) is 0 Å². The molecule has 0 radical (unpaired) electrons. The van der Waals surface area contributed by atoms with Crippen LogP contribution in [0.15, 0.2) is 29.6 Å². The maximum atomic E-state index is 5.52. The van der Waals surface area contributed by atoms with Crippen molar-refractivity contribution >= 4 is 38.6 Å². The fourth-order valence-corrected chi connectivity index (χ4v) is 1.84. The zero-order valence-electron chi connectivity index (χ0n) is 8.81. The van der Waals surface area contributed by atoms with E-state index in [9.17, 15) is 0 Å². The third-order valence-electron chi connectivity index (χ3n) is 2.06. The molecule has 2 rings (SSSR count). The number of benzene rings is 1. The smallest absolute Gasteiger partial charge is 0.187 e. The third-order valence-corrected chi connectivity index (χ3v) is 2.95. The van der Waals surface area contributed by atoms with Gasteiger partial charge in [0.05, 0.1) is 12.1 Å². The molecule has 0 aliphatic carbocycles. The van der Waals surface area contributed by atoms with Crippen molar-refractivity contribution in [2.45, 2.75) is 5.16 Å². The molecule has 0 amide bonds. The molecule has 5 heteroatoms. The lowest BCUT2D eigenvalue weighted by Crippen LogP contribution is -1.97. The Hall–Kier alpha value is -0.810. The van der Waals surface area contributed by atoms with E-state index in [0.29, 0.717) is 6.61 Å². The average Bonchev–Trinajstić information content (AvgIpc) is 2.35. The van der Waals surface area contributed by atoms with Crippen LogP contribution in [-0.2, 0) is 0 Å². The lowest BCUT2D eigenvalue weighted by atomic mass is 10.2. The maximum Gasteiger partial charge on any atom is 0.187 e. The second-order valence-corrected chi connectivity index (χ2v) is 4.68. The van der Waals surface area contributed by atoms with E-state index in [1.165, 1.54) is 11.8 Å². The number of thioether (sulfide) groups is 1. The van der Waals surface area contributed by atoms with Gasteiger partial charge in [0.2, 0.25) is 0 Å². The van der Waals surface area contributed by atoms with Crippen LogP contribution < -0.4 is 4.74 Å². The second kappa shape index (κ2) is 5.50. The summed E-state index contributed by atoms with van der Waals surface area (Å²) < 4.78 is 5.52. The van der Waals surface area contributed by atoms with Crippen molar-refractivity contribution in [2.24, 2.45) is 0 Å². The number of halogens is 1. The molecule has 2 aromatic rings. The molecule has 0 aliphatic heterocycles. The van der Waals surface area contributed by atoms with E-state index < -0.39 is 0 Å². The first-order chi connectivity index (χ1) is 7.83. The Balaban J connectivity index is 2.35. The zero-order chi connectivity index (χ0) is 11.4. The van der Waals surface area contributed by atoms with Crippen LogP contribution in [0.4, 0.5) is 0 Å². The molecule has 0 N–H and O–H groups in total. The summed E-state index contributed by atoms with van der Waals surface area (Å²) in [6, 6.07) is 5.86. The molecule has 3 nitrogen and oxygen atoms in total. The van der Waals surface area contributed by atoms with Crippen LogP contribution in [0.25, 0.3) is 10.9 Å². The van der Waals surface area contributed by atoms with E-state index in [4.69, 9.17) is 4.74 Å². The van der Waals surface area contributed by atoms with E-state index in [1.807, 2.05) is 30.7 Å². The lowest BCUT2D eigenvalue weighted by molar-refractivity contribution is 0.345. The minimum Gasteiger partial charge on any atom is -0.493 e. The second-order valence-electron chi connectivity index (χ2n) is 3.11. The quantitative estimate of drug-likeness (QED) is 0.493. The average molecular weight is 299 g/mol. The van der Waals surface area contributed by atoms with Crippen molar-refractivity contribution in [1.29, 1.82) is 0 Å². The molecule has 0 aliphatic rings. The van der Waals surface area contributed by atoms with Gasteiger partial charge in [-0.3, -0.25) is 0 Å². The summed E-state index contributed by atoms with van der Waals surface area (Å²) in [4.78, 5) is 8.64. The largest absolute Gasteiger partial charge is 0.493 e. The predicted octanol–water partition coefficient (Wildman–Crippen LogP) is 3.13. The first kappa shape index (κ1) is 11.7. The molecule has 0 fully saturated rings. The SMILES string of the molecule is CSc1ncc2ccc(OCCBr)cc2n1. The fraction of sp³-hybridized carbons (Fsp3) is 0.273. The van der Waals surface area contributed by atoms with Gasteiger partial charge in [0.1, 0.15) is 5.75 Å². The Morgan fingerprint density at radius 3 is 3.06 bits per heavy atom. The molecule has 0 spiro atoms. The van der Waals surface area contributed by atoms with Gasteiger partial charge in [-0.1, -0.05) is 27.7 Å². The summed E-state index contributed by atoms with van der Waals surface area (Å²) >= 11 is 4.86. The fourth-order valence-electron chi connectivity index (χ4n) is 1.33. The minimum atomic E-state index is 0.659. The van der Waals surface area contributed by atoms with Crippen LogP contribution in [0.1, 0.15) is 0 Å². The van der Waals surface area contributed by atoms with Crippen molar-refractivity contribution < 1.29 is 4.74 Å². The first-order valence-electron chi connectivity index (χ1n) is 4.83. The van der Waals surface area contributed by atoms with Crippen LogP contribution >= 0.6 is 27.7 Å². The van der Waals surface area contributed by atoms with E-state index in [0.717, 1.165) is 27.1 Å². The van der Waals surface area contributed by atoms with Crippen LogP contribution in [0.2, 0.25) is 0 Å². The number of ether oxygens (including phenoxy) is 1. The van der Waals surface area contributed by atoms with Gasteiger partial charge in [0.15, 0.2) is 5.16 Å². The molecule has 0 bridgehead atoms. The van der Waals surface area contributed by atoms with E-state index in [-0.39, 0.29) is 0 Å². The summed E-state index contributed by atoms with van der Waals surface area (Å²) in [6.07, 6.45) is 3.80. The molecule has 84 valence electrons. The monoisotopic (exact) mass is 298 g/mol. The van der Waals surface area contributed by atoms with Crippen LogP contribution in [0.5, 0.6) is 5.75 Å². The summed E-state index contributed by atoms with van der Waals surface area (Å²) in [5, 5.41) is 2.64. The van der Waals surface area contributed by atoms with Crippen molar-refractivity contribution in [3.63, 3.8) is 0 Å². The molecule has 0 atom stereocenters. The maximum absolute atomic E-state index is 5.52. The highest BCUT2D eigenvalue weighted by Crippen LogP contribution is 2.20. The van der Waals surface area contributed by atoms with E-state index in [1.54, 1.807) is 0 Å². The molecule has 0 saturated carbocycles. The van der Waals surface area contributed by atoms with Gasteiger partial charge in [0.25, 0.3) is 0 Å². The number of fused-ring (bicyclic) bond motifs is 1. The number of hydrogen-bond acceptors (Lipinski definition) is 4. The number of hydrogen-bond donors (Lipinski definition) is 0. The van der Waals surface area contributed by atoms with Gasteiger partial charge >= 0.3 is 0 Å². The van der Waals surface area contributed by atoms with Crippen LogP contribution in [0.3, 0.4) is 0 Å². The zero-order valence-corrected chi connectivity index (χ0v) is 11.2. The molecular formula is C11H11BrN2OS. The van der Waals surface area contributed by atoms with Crippen LogP contribution in [0, 0.1) is 0 Å². The van der Waals surface area contributed by atoms with Gasteiger partial charge in [-0.25, -0.2) is 9.97 Å². The Labute approximate surface area is 107 Å². The Morgan fingerprint density at radius 1 is 1.44 bits per heavy atom. The van der Waals surface area contributed by atoms with Crippen LogP contribution in [-0.4, -0.2) is 28.2 Å². The van der Waals surface area contributed by atoms with Crippen molar-refractivity contribution in [3.05, 3.63) is 24.4 Å². The lowest BCUT2D eigenvalue weighted by Gasteiger charge is -2.05. The molecule has 0 unspecified atom stereocenters. The Kier molecular flexibility index (Phi) is 4.01. The Bertz CT molecular complexity index is 492. The highest BCUT2D eigenvalue weighted by Gasteiger charge is 2.01. The molecule has 1 heterocycles. The number of rotatable bonds is 4. The molecule has 1 aromatic carbocycles. The normalized spacial score (nSPS) is 10.6. The number of nitrogens with zero attached hydrogens (tertiary/aromatic N) is 2. The highest BCUT2D eigenvalue weighted by molar-refractivity contribution is 9.09. The summed E-state index contributed by atoms with van der Waals surface area (Å²) in [5.74, 6) is 0.845. The van der Waals surface area contributed by atoms with E-state index >= 15 is 0 Å². The summed E-state index contributed by atoms with van der Waals surface area (Å²) in [5.41, 5.74) is 0.923. The van der Waals surface area contributed by atoms with E-state index in [2.05, 4.69) is 25.9 Å². The summed E-state index contributed by atoms with van der Waals surface area (Å²) in [6.45, 7) is 0.659. The van der Waals surface area contributed by atoms with Gasteiger partial charge in [0, 0.05) is 23.0 Å². The predicted molar refractivity (Wildman–Crippen MR) is 70.6 cm³/mol. The molecule has 16 heavy (non-hydrogen) atoms. The molecular weight excluding hydrogens is 288 g/mol. The number of alkyl halides is 1. The topological polar surface area (TPSA) is 35.0 Å². The molecule has 0 saturated heterocycles. The van der Waals surface area contributed by atoms with Gasteiger partial charge in [-0.05, 0) is 18.4 Å². The van der Waals surface area contributed by atoms with Gasteiger partial charge < -0.3 is 4.74 Å². The third kappa shape index (κ3) is 2.65. The Morgan fingerprint density at radius 2 is 2.31 bits per heavy atom. The minimum absolute atomic E-state index is 0.659. The number of aromatic nitrogens is 2. The van der Waals surface area contributed by atoms with Crippen molar-refractivity contribution in [2.75, 3.05) is 18.2 Å². The standard InChI is InChI=1S/C11H11BrN2OS/c1-16-11-13-7-8-2-3-9(15-5-4-12)6-10(8)14-11/h2-3,6-7H,4-5H2,1H3. The highest BCUT2D eigenvalue weighted by atomic mass is 79.9. The van der Waals surface area contributed by atoms with Gasteiger partial charge in [-0.2, -0.15) is 0 Å². The van der Waals surface area contributed by atoms with Crippen molar-refractivity contribution in [1.82, 2.24) is 9.97 Å². The summed E-state index contributed by atoms with van der Waals surface area (Å²) in [7, 11) is 0.